The zero-order valence-electron chi connectivity index (χ0n) is 9.83. The zero-order chi connectivity index (χ0) is 13.3. The normalized spacial score (nSPS) is 27.6. The molecule has 0 aliphatic carbocycles. The van der Waals surface area contributed by atoms with E-state index in [9.17, 15) is 9.59 Å². The Morgan fingerprint density at radius 3 is 2.94 bits per heavy atom. The van der Waals surface area contributed by atoms with Crippen molar-refractivity contribution >= 4 is 0 Å². The number of aromatic amines is 1. The Hall–Kier alpha value is -1.48. The second kappa shape index (κ2) is 5.02. The maximum Gasteiger partial charge on any atom is 0.330 e. The minimum absolute atomic E-state index is 0.255. The summed E-state index contributed by atoms with van der Waals surface area (Å²) in [5, 5.41) is 9.09. The van der Waals surface area contributed by atoms with E-state index in [1.165, 1.54) is 10.8 Å². The average Bonchev–Trinajstić information content (AvgIpc) is 2.76. The van der Waals surface area contributed by atoms with E-state index in [2.05, 4.69) is 9.82 Å². The molecule has 2 heterocycles. The summed E-state index contributed by atoms with van der Waals surface area (Å²) in [5.41, 5.74) is -0.597. The maximum atomic E-state index is 11.7. The number of ether oxygens (including phenoxy) is 1. The van der Waals surface area contributed by atoms with E-state index in [-0.39, 0.29) is 6.61 Å². The van der Waals surface area contributed by atoms with Gasteiger partial charge in [0.25, 0.3) is 5.56 Å². The van der Waals surface area contributed by atoms with Crippen LogP contribution in [0.25, 0.3) is 0 Å². The molecule has 1 aliphatic heterocycles. The number of nitrogens with two attached hydrogens (primary N) is 1. The molecule has 0 bridgehead atoms. The summed E-state index contributed by atoms with van der Waals surface area (Å²) < 4.78 is 6.72. The molecule has 0 radical (unpaired) electrons. The second-order valence-corrected chi connectivity index (χ2v) is 4.20. The smallest absolute Gasteiger partial charge is 0.330 e. The number of nitrogens with one attached hydrogen (secondary N) is 1. The van der Waals surface area contributed by atoms with Crippen molar-refractivity contribution < 1.29 is 14.7 Å². The summed E-state index contributed by atoms with van der Waals surface area (Å²) in [6, 6.07) is 0. The lowest BCUT2D eigenvalue weighted by Crippen LogP contribution is -2.33. The fourth-order valence-electron chi connectivity index (χ4n) is 1.98. The molecule has 3 unspecified atom stereocenters. The van der Waals surface area contributed by atoms with Gasteiger partial charge < -0.3 is 9.84 Å². The molecule has 0 aromatic carbocycles. The largest absolute Gasteiger partial charge is 0.394 e. The first kappa shape index (κ1) is 13.0. The van der Waals surface area contributed by atoms with E-state index in [1.807, 2.05) is 0 Å². The number of hydrogen-bond donors (Lipinski definition) is 3. The Labute approximate surface area is 102 Å². The van der Waals surface area contributed by atoms with Crippen LogP contribution in [0.1, 0.15) is 18.2 Å². The molecule has 18 heavy (non-hydrogen) atoms. The Kier molecular flexibility index (Phi) is 3.62. The molecule has 3 atom stereocenters. The first-order chi connectivity index (χ1) is 8.56. The number of aromatic nitrogens is 2. The van der Waals surface area contributed by atoms with Gasteiger partial charge in [-0.1, -0.05) is 0 Å². The molecule has 1 aromatic heterocycles. The molecule has 1 saturated heterocycles. The maximum absolute atomic E-state index is 11.7. The van der Waals surface area contributed by atoms with Crippen molar-refractivity contribution in [1.29, 1.82) is 0 Å². The SMILES string of the molecule is Cc1cn(C2CC(ON)C(CO)O2)c(=O)[nH]c1=O. The first-order valence-electron chi connectivity index (χ1n) is 5.50. The average molecular weight is 257 g/mol. The third kappa shape index (κ3) is 2.23. The van der Waals surface area contributed by atoms with Crippen LogP contribution >= 0.6 is 0 Å². The van der Waals surface area contributed by atoms with Crippen molar-refractivity contribution in [2.75, 3.05) is 6.61 Å². The van der Waals surface area contributed by atoms with E-state index in [0.717, 1.165) is 0 Å². The van der Waals surface area contributed by atoms with E-state index in [0.29, 0.717) is 12.0 Å². The van der Waals surface area contributed by atoms with Gasteiger partial charge in [-0.15, -0.1) is 0 Å². The summed E-state index contributed by atoms with van der Waals surface area (Å²) in [4.78, 5) is 29.8. The summed E-state index contributed by atoms with van der Waals surface area (Å²) in [6.45, 7) is 1.33. The fourth-order valence-corrected chi connectivity index (χ4v) is 1.98. The van der Waals surface area contributed by atoms with Crippen molar-refractivity contribution in [3.63, 3.8) is 0 Å². The van der Waals surface area contributed by atoms with E-state index in [4.69, 9.17) is 15.7 Å². The zero-order valence-corrected chi connectivity index (χ0v) is 9.83. The van der Waals surface area contributed by atoms with Crippen LogP contribution in [0.15, 0.2) is 15.8 Å². The standard InChI is InChI=1S/C10H15N3O5/c1-5-3-13(10(16)12-9(5)15)8-2-6(18-11)7(4-14)17-8/h3,6-8,14H,2,4,11H2,1H3,(H,12,15,16). The Morgan fingerprint density at radius 2 is 2.39 bits per heavy atom. The topological polar surface area (TPSA) is 120 Å². The highest BCUT2D eigenvalue weighted by Crippen LogP contribution is 2.28. The third-order valence-corrected chi connectivity index (χ3v) is 2.99. The molecule has 100 valence electrons. The molecule has 1 aliphatic rings. The molecule has 1 fully saturated rings. The van der Waals surface area contributed by atoms with Gasteiger partial charge in [0.05, 0.1) is 6.61 Å². The summed E-state index contributed by atoms with van der Waals surface area (Å²) >= 11 is 0. The van der Waals surface area contributed by atoms with Crippen LogP contribution in [0.2, 0.25) is 0 Å². The van der Waals surface area contributed by atoms with Crippen LogP contribution in [-0.4, -0.2) is 33.5 Å². The highest BCUT2D eigenvalue weighted by atomic mass is 16.7. The Morgan fingerprint density at radius 1 is 1.67 bits per heavy atom. The molecule has 0 amide bonds. The van der Waals surface area contributed by atoms with E-state index in [1.54, 1.807) is 6.92 Å². The number of aliphatic hydroxyl groups is 1. The van der Waals surface area contributed by atoms with Crippen molar-refractivity contribution in [2.24, 2.45) is 5.90 Å². The molecular weight excluding hydrogens is 242 g/mol. The van der Waals surface area contributed by atoms with Gasteiger partial charge in [0.15, 0.2) is 0 Å². The lowest BCUT2D eigenvalue weighted by molar-refractivity contribution is -0.0630. The fraction of sp³-hybridized carbons (Fsp3) is 0.600. The van der Waals surface area contributed by atoms with Crippen molar-refractivity contribution in [2.45, 2.75) is 31.8 Å². The summed E-state index contributed by atoms with van der Waals surface area (Å²) in [6.07, 6.45) is 0.0590. The first-order valence-corrected chi connectivity index (χ1v) is 5.50. The van der Waals surface area contributed by atoms with Gasteiger partial charge in [0.2, 0.25) is 0 Å². The lowest BCUT2D eigenvalue weighted by Gasteiger charge is -2.14. The van der Waals surface area contributed by atoms with Gasteiger partial charge in [-0.05, 0) is 6.92 Å². The van der Waals surface area contributed by atoms with Crippen LogP contribution in [0.3, 0.4) is 0 Å². The number of aliphatic hydroxyl groups excluding tert-OH is 1. The Balaban J connectivity index is 2.31. The lowest BCUT2D eigenvalue weighted by atomic mass is 10.2. The number of nitrogens with zero attached hydrogens (tertiary/aromatic N) is 1. The predicted octanol–water partition coefficient (Wildman–Crippen LogP) is -1.62. The molecule has 2 rings (SSSR count). The van der Waals surface area contributed by atoms with Gasteiger partial charge in [0, 0.05) is 18.2 Å². The van der Waals surface area contributed by atoms with Crippen LogP contribution in [0, 0.1) is 6.92 Å². The molecule has 4 N–H and O–H groups in total. The minimum Gasteiger partial charge on any atom is -0.394 e. The minimum atomic E-state index is -0.612. The van der Waals surface area contributed by atoms with Gasteiger partial charge >= 0.3 is 5.69 Å². The van der Waals surface area contributed by atoms with E-state index < -0.39 is 29.7 Å². The van der Waals surface area contributed by atoms with Crippen molar-refractivity contribution in [3.05, 3.63) is 32.6 Å². The van der Waals surface area contributed by atoms with Crippen LogP contribution < -0.4 is 17.1 Å². The third-order valence-electron chi connectivity index (χ3n) is 2.99. The van der Waals surface area contributed by atoms with Gasteiger partial charge in [-0.25, -0.2) is 10.7 Å². The molecular formula is C10H15N3O5. The number of H-pyrrole nitrogens is 1. The number of aryl methyl sites for hydroxylation is 1. The molecule has 8 heteroatoms. The van der Waals surface area contributed by atoms with Crippen LogP contribution in [0.4, 0.5) is 0 Å². The van der Waals surface area contributed by atoms with Gasteiger partial charge in [-0.3, -0.25) is 19.2 Å². The number of rotatable bonds is 3. The van der Waals surface area contributed by atoms with Gasteiger partial charge in [0.1, 0.15) is 18.4 Å². The van der Waals surface area contributed by atoms with Crippen LogP contribution in [0.5, 0.6) is 0 Å². The van der Waals surface area contributed by atoms with E-state index >= 15 is 0 Å². The summed E-state index contributed by atoms with van der Waals surface area (Å²) in [5.74, 6) is 5.10. The van der Waals surface area contributed by atoms with Crippen molar-refractivity contribution in [3.8, 4) is 0 Å². The molecule has 8 nitrogen and oxygen atoms in total. The van der Waals surface area contributed by atoms with Gasteiger partial charge in [-0.2, -0.15) is 0 Å². The molecule has 0 saturated carbocycles. The summed E-state index contributed by atoms with van der Waals surface area (Å²) in [7, 11) is 0. The number of hydrogen-bond acceptors (Lipinski definition) is 6. The predicted molar refractivity (Wildman–Crippen MR) is 60.7 cm³/mol. The highest BCUT2D eigenvalue weighted by Gasteiger charge is 2.37. The Bertz CT molecular complexity index is 525. The molecule has 0 spiro atoms. The second-order valence-electron chi connectivity index (χ2n) is 4.20. The quantitative estimate of drug-likeness (QED) is 0.560. The van der Waals surface area contributed by atoms with Crippen LogP contribution in [-0.2, 0) is 9.57 Å². The molecule has 1 aromatic rings. The van der Waals surface area contributed by atoms with Crippen molar-refractivity contribution in [1.82, 2.24) is 9.55 Å². The highest BCUT2D eigenvalue weighted by molar-refractivity contribution is 5.02. The monoisotopic (exact) mass is 257 g/mol.